The minimum absolute atomic E-state index is 0.379. The smallest absolute Gasteiger partial charge is 0.230 e. The van der Waals surface area contributed by atoms with E-state index in [9.17, 15) is 0 Å². The van der Waals surface area contributed by atoms with E-state index in [1.54, 1.807) is 0 Å². The number of nitrogens with zero attached hydrogens (tertiary/aromatic N) is 2. The minimum atomic E-state index is 0.379. The van der Waals surface area contributed by atoms with Gasteiger partial charge < -0.3 is 9.15 Å². The van der Waals surface area contributed by atoms with Crippen LogP contribution in [0.2, 0.25) is 0 Å². The molecule has 1 aliphatic heterocycles. The Morgan fingerprint density at radius 1 is 1.38 bits per heavy atom. The van der Waals surface area contributed by atoms with Crippen molar-refractivity contribution in [1.29, 1.82) is 0 Å². The predicted octanol–water partition coefficient (Wildman–Crippen LogP) is 5.14. The molecule has 0 saturated carbocycles. The molecule has 4 nitrogen and oxygen atoms in total. The molecule has 0 amide bonds. The van der Waals surface area contributed by atoms with Gasteiger partial charge in [-0.2, -0.15) is 0 Å². The van der Waals surface area contributed by atoms with E-state index in [4.69, 9.17) is 14.1 Å². The number of benzene rings is 1. The molecule has 0 N–H and O–H groups in total. The lowest BCUT2D eigenvalue weighted by Gasteiger charge is -2.36. The van der Waals surface area contributed by atoms with Gasteiger partial charge in [-0.25, -0.2) is 4.98 Å². The van der Waals surface area contributed by atoms with Crippen molar-refractivity contribution in [2.75, 3.05) is 6.61 Å². The van der Waals surface area contributed by atoms with Crippen LogP contribution >= 0.6 is 0 Å². The van der Waals surface area contributed by atoms with E-state index in [1.165, 1.54) is 0 Å². The molecule has 2 aromatic rings. The van der Waals surface area contributed by atoms with Crippen LogP contribution in [0.3, 0.4) is 0 Å². The Balaban J connectivity index is 1.87. The lowest BCUT2D eigenvalue weighted by molar-refractivity contribution is 0.148. The maximum absolute atomic E-state index is 6.00. The molecule has 0 saturated heterocycles. The first-order chi connectivity index (χ1) is 12.6. The molecule has 1 aliphatic rings. The van der Waals surface area contributed by atoms with Crippen molar-refractivity contribution >= 4 is 0 Å². The van der Waals surface area contributed by atoms with Crippen molar-refractivity contribution in [2.45, 2.75) is 52.2 Å². The van der Waals surface area contributed by atoms with E-state index in [2.05, 4.69) is 30.6 Å². The Morgan fingerprint density at radius 2 is 2.19 bits per heavy atom. The molecule has 0 aliphatic carbocycles. The molecule has 3 rings (SSSR count). The van der Waals surface area contributed by atoms with Crippen molar-refractivity contribution in [2.24, 2.45) is 0 Å². The Bertz CT molecular complexity index is 778. The molecule has 0 bridgehead atoms. The maximum Gasteiger partial charge on any atom is 0.230 e. The second-order valence-corrected chi connectivity index (χ2v) is 6.71. The lowest BCUT2D eigenvalue weighted by atomic mass is 10.00. The Labute approximate surface area is 156 Å². The fourth-order valence-corrected chi connectivity index (χ4v) is 3.50. The molecular weight excluding hydrogens is 324 g/mol. The van der Waals surface area contributed by atoms with Crippen molar-refractivity contribution in [3.05, 3.63) is 60.5 Å². The first kappa shape index (κ1) is 18.5. The first-order valence-electron chi connectivity index (χ1n) is 9.35. The fourth-order valence-electron chi connectivity index (χ4n) is 3.50. The third-order valence-electron chi connectivity index (χ3n) is 4.90. The van der Waals surface area contributed by atoms with Gasteiger partial charge in [0.2, 0.25) is 5.89 Å². The van der Waals surface area contributed by atoms with Crippen LogP contribution < -0.4 is 4.74 Å². The van der Waals surface area contributed by atoms with Gasteiger partial charge in [0.1, 0.15) is 11.5 Å². The van der Waals surface area contributed by atoms with Gasteiger partial charge in [0.25, 0.3) is 0 Å². The summed E-state index contributed by atoms with van der Waals surface area (Å²) in [4.78, 5) is 7.28. The van der Waals surface area contributed by atoms with Crippen LogP contribution in [0.25, 0.3) is 11.5 Å². The van der Waals surface area contributed by atoms with E-state index in [1.807, 2.05) is 44.2 Å². The van der Waals surface area contributed by atoms with Gasteiger partial charge in [0, 0.05) is 18.6 Å². The molecule has 0 unspecified atom stereocenters. The molecule has 4 heteroatoms. The third-order valence-corrected chi connectivity index (χ3v) is 4.90. The Kier molecular flexibility index (Phi) is 5.94. The summed E-state index contributed by atoms with van der Waals surface area (Å²) >= 11 is 0. The first-order valence-corrected chi connectivity index (χ1v) is 9.35. The number of oxazole rings is 1. The van der Waals surface area contributed by atoms with Gasteiger partial charge in [-0.15, -0.1) is 6.58 Å². The highest BCUT2D eigenvalue weighted by molar-refractivity contribution is 5.63. The molecule has 26 heavy (non-hydrogen) atoms. The molecule has 1 aromatic carbocycles. The number of para-hydroxylation sites is 1. The largest absolute Gasteiger partial charge is 0.493 e. The van der Waals surface area contributed by atoms with E-state index in [0.717, 1.165) is 42.2 Å². The summed E-state index contributed by atoms with van der Waals surface area (Å²) in [5, 5.41) is 0. The SMILES string of the molecule is C=CC[C@@H]1CC=C[C@@H](C)N1Cc1nc(-c2ccccc2OCC)oc1C. The van der Waals surface area contributed by atoms with Crippen LogP contribution in [-0.4, -0.2) is 28.6 Å². The summed E-state index contributed by atoms with van der Waals surface area (Å²) < 4.78 is 11.7. The van der Waals surface area contributed by atoms with E-state index in [-0.39, 0.29) is 0 Å². The van der Waals surface area contributed by atoms with E-state index < -0.39 is 0 Å². The van der Waals surface area contributed by atoms with Crippen LogP contribution in [0.1, 0.15) is 38.1 Å². The molecular formula is C22H28N2O2. The average molecular weight is 352 g/mol. The molecule has 138 valence electrons. The standard InChI is InChI=1S/C22H28N2O2/c1-5-10-18-12-9-11-16(3)24(18)15-20-17(4)26-22(23-20)19-13-7-8-14-21(19)25-6-2/h5,7-9,11,13-14,16,18H,1,6,10,12,15H2,2-4H3/t16-,18-/m1/s1. The van der Waals surface area contributed by atoms with Crippen LogP contribution in [-0.2, 0) is 6.54 Å². The number of hydrogen-bond acceptors (Lipinski definition) is 4. The highest BCUT2D eigenvalue weighted by Crippen LogP contribution is 2.32. The highest BCUT2D eigenvalue weighted by Gasteiger charge is 2.26. The summed E-state index contributed by atoms with van der Waals surface area (Å²) in [5.74, 6) is 2.30. The predicted molar refractivity (Wildman–Crippen MR) is 105 cm³/mol. The topological polar surface area (TPSA) is 38.5 Å². The molecule has 2 heterocycles. The molecule has 0 spiro atoms. The summed E-state index contributed by atoms with van der Waals surface area (Å²) in [6, 6.07) is 8.73. The summed E-state index contributed by atoms with van der Waals surface area (Å²) in [5.41, 5.74) is 1.89. The maximum atomic E-state index is 6.00. The molecule has 2 atom stereocenters. The van der Waals surface area contributed by atoms with Gasteiger partial charge in [-0.3, -0.25) is 4.90 Å². The summed E-state index contributed by atoms with van der Waals surface area (Å²) in [7, 11) is 0. The zero-order chi connectivity index (χ0) is 18.5. The van der Waals surface area contributed by atoms with Crippen molar-refractivity contribution in [3.63, 3.8) is 0 Å². The molecule has 0 fully saturated rings. The van der Waals surface area contributed by atoms with Gasteiger partial charge in [-0.1, -0.05) is 30.4 Å². The van der Waals surface area contributed by atoms with Gasteiger partial charge in [0.15, 0.2) is 0 Å². The monoisotopic (exact) mass is 352 g/mol. The average Bonchev–Trinajstić information content (AvgIpc) is 2.99. The van der Waals surface area contributed by atoms with Crippen LogP contribution in [0.5, 0.6) is 5.75 Å². The van der Waals surface area contributed by atoms with Crippen LogP contribution in [0.4, 0.5) is 0 Å². The molecule has 0 radical (unpaired) electrons. The van der Waals surface area contributed by atoms with Crippen molar-refractivity contribution in [1.82, 2.24) is 9.88 Å². The molecule has 1 aromatic heterocycles. The summed E-state index contributed by atoms with van der Waals surface area (Å²) in [6.45, 7) is 11.5. The minimum Gasteiger partial charge on any atom is -0.493 e. The number of aryl methyl sites for hydroxylation is 1. The zero-order valence-electron chi connectivity index (χ0n) is 15.9. The quantitative estimate of drug-likeness (QED) is 0.647. The fraction of sp³-hybridized carbons (Fsp3) is 0.409. The number of ether oxygens (including phenoxy) is 1. The third kappa shape index (κ3) is 3.91. The van der Waals surface area contributed by atoms with Crippen molar-refractivity contribution in [3.8, 4) is 17.2 Å². The highest BCUT2D eigenvalue weighted by atomic mass is 16.5. The number of rotatable bonds is 7. The van der Waals surface area contributed by atoms with E-state index >= 15 is 0 Å². The zero-order valence-corrected chi connectivity index (χ0v) is 15.9. The van der Waals surface area contributed by atoms with Crippen LogP contribution in [0, 0.1) is 6.92 Å². The second-order valence-electron chi connectivity index (χ2n) is 6.71. The second kappa shape index (κ2) is 8.37. The number of aromatic nitrogens is 1. The Hall–Kier alpha value is -2.33. The Morgan fingerprint density at radius 3 is 2.96 bits per heavy atom. The van der Waals surface area contributed by atoms with Crippen molar-refractivity contribution < 1.29 is 9.15 Å². The van der Waals surface area contributed by atoms with Gasteiger partial charge in [-0.05, 0) is 45.7 Å². The lowest BCUT2D eigenvalue weighted by Crippen LogP contribution is -2.42. The number of hydrogen-bond donors (Lipinski definition) is 0. The van der Waals surface area contributed by atoms with Gasteiger partial charge >= 0.3 is 0 Å². The van der Waals surface area contributed by atoms with Gasteiger partial charge in [0.05, 0.1) is 17.9 Å². The van der Waals surface area contributed by atoms with Crippen LogP contribution in [0.15, 0.2) is 53.5 Å². The van der Waals surface area contributed by atoms with E-state index in [0.29, 0.717) is 24.6 Å². The summed E-state index contributed by atoms with van der Waals surface area (Å²) in [6.07, 6.45) is 8.57. The normalized spacial score (nSPS) is 20.3.